The Morgan fingerprint density at radius 1 is 0.577 bits per heavy atom. The number of benzene rings is 2. The van der Waals surface area contributed by atoms with Crippen molar-refractivity contribution in [2.24, 2.45) is 0 Å². The van der Waals surface area contributed by atoms with E-state index >= 15 is 0 Å². The second kappa shape index (κ2) is 9.15. The van der Waals surface area contributed by atoms with E-state index in [1.54, 1.807) is 0 Å². The third kappa shape index (κ3) is 3.62. The molecule has 0 radical (unpaired) electrons. The Balaban J connectivity index is 2.06. The van der Waals surface area contributed by atoms with Gasteiger partial charge in [-0.1, -0.05) is 64.1 Å². The van der Waals surface area contributed by atoms with Gasteiger partial charge in [-0.25, -0.2) is 9.34 Å². The second-order valence-electron chi connectivity index (χ2n) is 6.06. The van der Waals surface area contributed by atoms with Crippen LogP contribution in [0, 0.1) is 0 Å². The molecule has 0 saturated carbocycles. The summed E-state index contributed by atoms with van der Waals surface area (Å²) in [6.45, 7) is 13.4. The normalized spacial score (nSPS) is 19.9. The average molecular weight is 388 g/mol. The first-order valence-corrected chi connectivity index (χ1v) is 12.0. The largest absolute Gasteiger partial charge is 0.269 e. The Kier molecular flexibility index (Phi) is 6.89. The Bertz CT molecular complexity index is 595. The summed E-state index contributed by atoms with van der Waals surface area (Å²) in [5.74, 6) is 0. The Morgan fingerprint density at radius 2 is 0.885 bits per heavy atom. The summed E-state index contributed by atoms with van der Waals surface area (Å²) in [6.07, 6.45) is 0. The van der Waals surface area contributed by atoms with E-state index in [0.717, 1.165) is 26.2 Å². The molecule has 1 heterocycles. The number of nitrogens with zero attached hydrogens (tertiary/aromatic N) is 4. The lowest BCUT2D eigenvalue weighted by Gasteiger charge is -2.62. The fraction of sp³-hybridized carbons (Fsp3) is 0.400. The number of anilines is 2. The van der Waals surface area contributed by atoms with Crippen LogP contribution in [0.1, 0.15) is 27.7 Å². The molecular weight excluding hydrogens is 358 g/mol. The van der Waals surface area contributed by atoms with E-state index < -0.39 is 16.7 Å². The van der Waals surface area contributed by atoms with Gasteiger partial charge in [-0.05, 0) is 24.3 Å². The summed E-state index contributed by atoms with van der Waals surface area (Å²) >= 11 is 0. The molecule has 0 unspecified atom stereocenters. The van der Waals surface area contributed by atoms with Crippen LogP contribution in [0.15, 0.2) is 60.7 Å². The van der Waals surface area contributed by atoms with E-state index in [1.165, 1.54) is 11.4 Å². The van der Waals surface area contributed by atoms with Crippen molar-refractivity contribution in [3.8, 4) is 0 Å². The second-order valence-corrected chi connectivity index (χ2v) is 10.5. The molecule has 0 bridgehead atoms. The monoisotopic (exact) mass is 388 g/mol. The molecule has 0 N–H and O–H groups in total. The van der Waals surface area contributed by atoms with Gasteiger partial charge in [-0.15, -0.1) is 0 Å². The molecule has 1 fully saturated rings. The van der Waals surface area contributed by atoms with Gasteiger partial charge in [0.15, 0.2) is 16.7 Å². The average Bonchev–Trinajstić information content (AvgIpc) is 2.69. The molecule has 3 rings (SSSR count). The third-order valence-electron chi connectivity index (χ3n) is 4.62. The zero-order valence-electron chi connectivity index (χ0n) is 16.3. The van der Waals surface area contributed by atoms with Gasteiger partial charge in [0, 0.05) is 37.6 Å². The summed E-state index contributed by atoms with van der Waals surface area (Å²) in [7, 11) is -1.07. The maximum atomic E-state index is 2.69. The van der Waals surface area contributed by atoms with Crippen molar-refractivity contribution in [3.63, 3.8) is 0 Å². The van der Waals surface area contributed by atoms with Crippen molar-refractivity contribution < 1.29 is 0 Å². The molecule has 2 aromatic carbocycles. The van der Waals surface area contributed by atoms with Crippen LogP contribution in [0.3, 0.4) is 0 Å². The van der Waals surface area contributed by atoms with Crippen molar-refractivity contribution in [2.45, 2.75) is 27.7 Å². The number of para-hydroxylation sites is 2. The van der Waals surface area contributed by atoms with E-state index in [-0.39, 0.29) is 0 Å². The Hall–Kier alpha value is -1.18. The van der Waals surface area contributed by atoms with Crippen LogP contribution >= 0.6 is 16.7 Å². The SMILES string of the molecule is CCN(CC)P1N(c2ccccc2)P(N(CC)CC)N1c1ccccc1. The molecule has 0 aliphatic carbocycles. The maximum Gasteiger partial charge on any atom is 0.190 e. The number of hydrogen-bond donors (Lipinski definition) is 0. The molecule has 2 aromatic rings. The Labute approximate surface area is 161 Å². The van der Waals surface area contributed by atoms with Gasteiger partial charge in [0.05, 0.1) is 0 Å². The minimum atomic E-state index is -0.537. The van der Waals surface area contributed by atoms with Crippen LogP contribution < -0.4 is 8.88 Å². The maximum absolute atomic E-state index is 2.69. The first kappa shape index (κ1) is 19.6. The van der Waals surface area contributed by atoms with Crippen LogP contribution in [-0.4, -0.2) is 35.5 Å². The van der Waals surface area contributed by atoms with Gasteiger partial charge in [0.2, 0.25) is 0 Å². The van der Waals surface area contributed by atoms with Gasteiger partial charge in [0.1, 0.15) is 0 Å². The van der Waals surface area contributed by atoms with Crippen molar-refractivity contribution in [3.05, 3.63) is 60.7 Å². The molecule has 1 aliphatic heterocycles. The summed E-state index contributed by atoms with van der Waals surface area (Å²) in [4.78, 5) is 0. The summed E-state index contributed by atoms with van der Waals surface area (Å²) in [5.41, 5.74) is 2.69. The number of hydrogen-bond acceptors (Lipinski definition) is 4. The van der Waals surface area contributed by atoms with Crippen molar-refractivity contribution >= 4 is 28.1 Å². The lowest BCUT2D eigenvalue weighted by atomic mass is 10.3. The van der Waals surface area contributed by atoms with Crippen LogP contribution in [0.4, 0.5) is 11.4 Å². The molecule has 0 atom stereocenters. The van der Waals surface area contributed by atoms with Gasteiger partial charge in [-0.2, -0.15) is 0 Å². The van der Waals surface area contributed by atoms with E-state index in [2.05, 4.69) is 107 Å². The van der Waals surface area contributed by atoms with Crippen molar-refractivity contribution in [1.82, 2.24) is 9.34 Å². The van der Waals surface area contributed by atoms with E-state index in [1.807, 2.05) is 0 Å². The first-order valence-electron chi connectivity index (χ1n) is 9.56. The highest BCUT2D eigenvalue weighted by Crippen LogP contribution is 2.80. The molecule has 0 amide bonds. The zero-order chi connectivity index (χ0) is 18.5. The summed E-state index contributed by atoms with van der Waals surface area (Å²) in [5, 5.41) is 0. The van der Waals surface area contributed by atoms with Gasteiger partial charge >= 0.3 is 0 Å². The molecule has 6 heteroatoms. The predicted octanol–water partition coefficient (Wildman–Crippen LogP) is 6.15. The Morgan fingerprint density at radius 3 is 1.15 bits per heavy atom. The topological polar surface area (TPSA) is 13.0 Å². The van der Waals surface area contributed by atoms with Crippen LogP contribution in [0.25, 0.3) is 0 Å². The minimum Gasteiger partial charge on any atom is -0.269 e. The van der Waals surface area contributed by atoms with Crippen LogP contribution in [0.5, 0.6) is 0 Å². The fourth-order valence-corrected chi connectivity index (χ4v) is 9.84. The molecule has 26 heavy (non-hydrogen) atoms. The van der Waals surface area contributed by atoms with Crippen molar-refractivity contribution in [1.29, 1.82) is 0 Å². The lowest BCUT2D eigenvalue weighted by molar-refractivity contribution is 0.486. The highest BCUT2D eigenvalue weighted by molar-refractivity contribution is 7.93. The molecule has 1 aliphatic rings. The quantitative estimate of drug-likeness (QED) is 0.503. The third-order valence-corrected chi connectivity index (χ3v) is 11.0. The molecule has 0 aromatic heterocycles. The highest BCUT2D eigenvalue weighted by Gasteiger charge is 2.53. The van der Waals surface area contributed by atoms with E-state index in [0.29, 0.717) is 0 Å². The molecular formula is C20H30N4P2. The van der Waals surface area contributed by atoms with Crippen LogP contribution in [0.2, 0.25) is 0 Å². The smallest absolute Gasteiger partial charge is 0.190 e. The summed E-state index contributed by atoms with van der Waals surface area (Å²) in [6, 6.07) is 21.9. The standard InChI is InChI=1S/C20H30N4P2/c1-5-21(6-2)25-23(19-15-11-9-12-16-19)26(22(7-3)8-4)24(25)20-17-13-10-14-18-20/h9-18H,5-8H2,1-4H3. The fourth-order valence-electron chi connectivity index (χ4n) is 3.24. The van der Waals surface area contributed by atoms with Gasteiger partial charge in [-0.3, -0.25) is 8.88 Å². The lowest BCUT2D eigenvalue weighted by Crippen LogP contribution is -2.49. The highest BCUT2D eigenvalue weighted by atomic mass is 31.3. The zero-order valence-corrected chi connectivity index (χ0v) is 18.1. The summed E-state index contributed by atoms with van der Waals surface area (Å²) < 4.78 is 10.6. The molecule has 4 nitrogen and oxygen atoms in total. The van der Waals surface area contributed by atoms with Gasteiger partial charge in [0.25, 0.3) is 0 Å². The minimum absolute atomic E-state index is 0.537. The molecule has 1 saturated heterocycles. The number of rotatable bonds is 8. The molecule has 140 valence electrons. The van der Waals surface area contributed by atoms with Crippen LogP contribution in [-0.2, 0) is 0 Å². The van der Waals surface area contributed by atoms with E-state index in [9.17, 15) is 0 Å². The van der Waals surface area contributed by atoms with E-state index in [4.69, 9.17) is 0 Å². The predicted molar refractivity (Wildman–Crippen MR) is 118 cm³/mol. The van der Waals surface area contributed by atoms with Gasteiger partial charge < -0.3 is 0 Å². The van der Waals surface area contributed by atoms with Crippen molar-refractivity contribution in [2.75, 3.05) is 35.1 Å². The first-order chi connectivity index (χ1) is 12.8. The molecule has 0 spiro atoms.